The summed E-state index contributed by atoms with van der Waals surface area (Å²) in [5.74, 6) is 6.00. The van der Waals surface area contributed by atoms with E-state index < -0.39 is 0 Å². The lowest BCUT2D eigenvalue weighted by Crippen LogP contribution is -2.60. The van der Waals surface area contributed by atoms with Gasteiger partial charge in [-0.2, -0.15) is 0 Å². The minimum atomic E-state index is 0.0330. The summed E-state index contributed by atoms with van der Waals surface area (Å²) in [6.45, 7) is 2.37. The van der Waals surface area contributed by atoms with Crippen molar-refractivity contribution in [3.63, 3.8) is 0 Å². The fraction of sp³-hybridized carbons (Fsp3) is 0.957. The van der Waals surface area contributed by atoms with Crippen molar-refractivity contribution in [2.75, 3.05) is 0 Å². The Morgan fingerprint density at radius 3 is 1.48 bits per heavy atom. The van der Waals surface area contributed by atoms with E-state index in [-0.39, 0.29) is 5.41 Å². The molecule has 25 heavy (non-hydrogen) atoms. The topological polar surface area (TPSA) is 29.1 Å². The zero-order valence-electron chi connectivity index (χ0n) is 15.9. The van der Waals surface area contributed by atoms with Gasteiger partial charge in [-0.25, -0.2) is 0 Å². The molecule has 2 nitrogen and oxygen atoms in total. The van der Waals surface area contributed by atoms with Gasteiger partial charge < -0.3 is 5.32 Å². The highest BCUT2D eigenvalue weighted by molar-refractivity contribution is 5.83. The van der Waals surface area contributed by atoms with Crippen LogP contribution in [0, 0.1) is 46.3 Å². The maximum Gasteiger partial charge on any atom is 0.226 e. The second-order valence-corrected chi connectivity index (χ2v) is 11.7. The Morgan fingerprint density at radius 2 is 1.08 bits per heavy atom. The molecule has 0 heterocycles. The van der Waals surface area contributed by atoms with Crippen molar-refractivity contribution >= 4 is 5.91 Å². The summed E-state index contributed by atoms with van der Waals surface area (Å²) in [6, 6.07) is 0.404. The van der Waals surface area contributed by atoms with Crippen LogP contribution in [0.25, 0.3) is 0 Å². The van der Waals surface area contributed by atoms with Crippen molar-refractivity contribution in [3.8, 4) is 0 Å². The predicted molar refractivity (Wildman–Crippen MR) is 98.8 cm³/mol. The van der Waals surface area contributed by atoms with Gasteiger partial charge in [-0.1, -0.05) is 0 Å². The van der Waals surface area contributed by atoms with Gasteiger partial charge in [-0.05, 0) is 125 Å². The third kappa shape index (κ3) is 2.24. The van der Waals surface area contributed by atoms with E-state index in [1.165, 1.54) is 77.0 Å². The third-order valence-corrected chi connectivity index (χ3v) is 9.87. The van der Waals surface area contributed by atoms with Crippen molar-refractivity contribution in [1.82, 2.24) is 5.32 Å². The summed E-state index contributed by atoms with van der Waals surface area (Å²) in [4.78, 5) is 13.5. The number of carbonyl (C=O) groups is 1. The van der Waals surface area contributed by atoms with Crippen LogP contribution in [-0.4, -0.2) is 11.9 Å². The van der Waals surface area contributed by atoms with Gasteiger partial charge in [0.05, 0.1) is 0 Å². The van der Waals surface area contributed by atoms with E-state index in [1.807, 2.05) is 0 Å². The van der Waals surface area contributed by atoms with Crippen molar-refractivity contribution in [2.45, 2.75) is 90.0 Å². The summed E-state index contributed by atoms with van der Waals surface area (Å²) >= 11 is 0. The van der Waals surface area contributed by atoms with Gasteiger partial charge in [0.2, 0.25) is 5.91 Å². The van der Waals surface area contributed by atoms with E-state index in [1.54, 1.807) is 0 Å². The first-order valence-electron chi connectivity index (χ1n) is 11.3. The summed E-state index contributed by atoms with van der Waals surface area (Å²) in [6.07, 6.45) is 16.6. The quantitative estimate of drug-likeness (QED) is 0.775. The van der Waals surface area contributed by atoms with Crippen molar-refractivity contribution in [3.05, 3.63) is 0 Å². The van der Waals surface area contributed by atoms with Crippen LogP contribution in [0.15, 0.2) is 0 Å². The largest absolute Gasteiger partial charge is 0.353 e. The SMILES string of the molecule is CC(NC(=O)C12CC3CC(CC(C3)C1)C2)C12CC3CC(CC(C3)C1)C2. The van der Waals surface area contributed by atoms with Crippen LogP contribution >= 0.6 is 0 Å². The molecule has 0 saturated heterocycles. The first-order valence-corrected chi connectivity index (χ1v) is 11.3. The third-order valence-electron chi connectivity index (χ3n) is 9.87. The second kappa shape index (κ2) is 5.04. The molecule has 8 saturated carbocycles. The number of hydrogen-bond donors (Lipinski definition) is 1. The molecule has 8 rings (SSSR count). The van der Waals surface area contributed by atoms with Crippen LogP contribution < -0.4 is 5.32 Å². The summed E-state index contributed by atoms with van der Waals surface area (Å²) in [5.41, 5.74) is 0.484. The van der Waals surface area contributed by atoms with E-state index in [2.05, 4.69) is 12.2 Å². The lowest BCUT2D eigenvalue weighted by Gasteiger charge is -2.60. The molecule has 0 spiro atoms. The summed E-state index contributed by atoms with van der Waals surface area (Å²) in [5, 5.41) is 3.66. The standard InChI is InChI=1S/C23H35NO/c1-14(22-8-15-2-16(9-22)4-17(3-15)10-22)24-21(25)23-11-18-5-19(12-23)7-20(6-18)13-23/h14-20H,2-13H2,1H3,(H,24,25). The number of hydrogen-bond acceptors (Lipinski definition) is 1. The zero-order valence-corrected chi connectivity index (χ0v) is 15.9. The second-order valence-electron chi connectivity index (χ2n) is 11.7. The van der Waals surface area contributed by atoms with Gasteiger partial charge in [0.15, 0.2) is 0 Å². The van der Waals surface area contributed by atoms with Crippen molar-refractivity contribution in [1.29, 1.82) is 0 Å². The van der Waals surface area contributed by atoms with Crippen LogP contribution in [0.2, 0.25) is 0 Å². The first kappa shape index (κ1) is 15.5. The Balaban J connectivity index is 1.21. The first-order chi connectivity index (χ1) is 12.0. The molecule has 0 aromatic heterocycles. The molecule has 8 aliphatic carbocycles. The summed E-state index contributed by atoms with van der Waals surface area (Å²) < 4.78 is 0. The minimum Gasteiger partial charge on any atom is -0.353 e. The Bertz CT molecular complexity index is 522. The van der Waals surface area contributed by atoms with Crippen LogP contribution in [0.4, 0.5) is 0 Å². The fourth-order valence-corrected chi connectivity index (χ4v) is 9.60. The molecule has 1 unspecified atom stereocenters. The molecular formula is C23H35NO. The van der Waals surface area contributed by atoms with E-state index >= 15 is 0 Å². The van der Waals surface area contributed by atoms with E-state index in [0.29, 0.717) is 17.4 Å². The van der Waals surface area contributed by atoms with Crippen LogP contribution in [-0.2, 0) is 4.79 Å². The molecule has 138 valence electrons. The Kier molecular flexibility index (Phi) is 3.13. The Hall–Kier alpha value is -0.530. The summed E-state index contributed by atoms with van der Waals surface area (Å²) in [7, 11) is 0. The maximum absolute atomic E-state index is 13.5. The number of rotatable bonds is 3. The van der Waals surface area contributed by atoms with Gasteiger partial charge in [-0.15, -0.1) is 0 Å². The van der Waals surface area contributed by atoms with Gasteiger partial charge >= 0.3 is 0 Å². The molecule has 8 bridgehead atoms. The van der Waals surface area contributed by atoms with Crippen LogP contribution in [0.1, 0.15) is 84.0 Å². The molecule has 2 heteroatoms. The molecule has 0 aromatic rings. The lowest BCUT2D eigenvalue weighted by atomic mass is 9.47. The van der Waals surface area contributed by atoms with Gasteiger partial charge in [0.1, 0.15) is 0 Å². The zero-order chi connectivity index (χ0) is 16.8. The Morgan fingerprint density at radius 1 is 0.720 bits per heavy atom. The smallest absolute Gasteiger partial charge is 0.226 e. The predicted octanol–water partition coefficient (Wildman–Crippen LogP) is 4.92. The van der Waals surface area contributed by atoms with Crippen molar-refractivity contribution in [2.24, 2.45) is 46.3 Å². The number of nitrogens with one attached hydrogen (secondary N) is 1. The van der Waals surface area contributed by atoms with Crippen LogP contribution in [0.3, 0.4) is 0 Å². The maximum atomic E-state index is 13.5. The monoisotopic (exact) mass is 341 g/mol. The molecule has 0 aliphatic heterocycles. The van der Waals surface area contributed by atoms with E-state index in [9.17, 15) is 4.79 Å². The lowest BCUT2D eigenvalue weighted by molar-refractivity contribution is -0.150. The van der Waals surface area contributed by atoms with Gasteiger partial charge in [0.25, 0.3) is 0 Å². The number of amides is 1. The average Bonchev–Trinajstić information content (AvgIpc) is 2.52. The molecular weight excluding hydrogens is 306 g/mol. The van der Waals surface area contributed by atoms with Crippen molar-refractivity contribution < 1.29 is 4.79 Å². The molecule has 0 aromatic carbocycles. The molecule has 1 amide bonds. The van der Waals surface area contributed by atoms with Gasteiger partial charge in [0, 0.05) is 11.5 Å². The Labute approximate surface area is 152 Å². The normalized spacial score (nSPS) is 56.2. The molecule has 8 fully saturated rings. The molecule has 8 aliphatic rings. The average molecular weight is 342 g/mol. The number of carbonyl (C=O) groups excluding carboxylic acids is 1. The minimum absolute atomic E-state index is 0.0330. The molecule has 1 atom stereocenters. The highest BCUT2D eigenvalue weighted by Crippen LogP contribution is 2.62. The van der Waals surface area contributed by atoms with E-state index in [0.717, 1.165) is 35.5 Å². The van der Waals surface area contributed by atoms with Crippen LogP contribution in [0.5, 0.6) is 0 Å². The molecule has 1 N–H and O–H groups in total. The highest BCUT2D eigenvalue weighted by atomic mass is 16.2. The molecule has 0 radical (unpaired) electrons. The van der Waals surface area contributed by atoms with Gasteiger partial charge in [-0.3, -0.25) is 4.79 Å². The fourth-order valence-electron chi connectivity index (χ4n) is 9.60. The highest BCUT2D eigenvalue weighted by Gasteiger charge is 2.57. The van der Waals surface area contributed by atoms with E-state index in [4.69, 9.17) is 0 Å².